The van der Waals surface area contributed by atoms with Crippen molar-refractivity contribution in [1.82, 2.24) is 0 Å². The summed E-state index contributed by atoms with van der Waals surface area (Å²) in [6.07, 6.45) is 9.80. The average molecular weight is 140 g/mol. The lowest BCUT2D eigenvalue weighted by molar-refractivity contribution is 0.631. The van der Waals surface area contributed by atoms with Gasteiger partial charge in [0.1, 0.15) is 0 Å². The molecule has 0 spiro atoms. The fourth-order valence-electron chi connectivity index (χ4n) is 1.05. The van der Waals surface area contributed by atoms with Crippen molar-refractivity contribution in [3.8, 4) is 0 Å². The molecule has 0 fully saturated rings. The predicted octanol–water partition coefficient (Wildman–Crippen LogP) is 3.78. The molecule has 0 bridgehead atoms. The number of allylic oxidation sites excluding steroid dienone is 2. The summed E-state index contributed by atoms with van der Waals surface area (Å²) in [6.45, 7) is 6.74. The summed E-state index contributed by atoms with van der Waals surface area (Å²) in [5.41, 5.74) is 0. The van der Waals surface area contributed by atoms with E-state index in [4.69, 9.17) is 0 Å². The van der Waals surface area contributed by atoms with Crippen LogP contribution in [0.4, 0.5) is 0 Å². The molecule has 10 heavy (non-hydrogen) atoms. The van der Waals surface area contributed by atoms with Crippen LogP contribution in [0.5, 0.6) is 0 Å². The molecule has 0 aromatic rings. The summed E-state index contributed by atoms with van der Waals surface area (Å²) in [5.74, 6) is 0.788. The highest BCUT2D eigenvalue weighted by molar-refractivity contribution is 4.85. The van der Waals surface area contributed by atoms with Crippen LogP contribution in [0.25, 0.3) is 0 Å². The van der Waals surface area contributed by atoms with Crippen molar-refractivity contribution in [2.45, 2.75) is 46.5 Å². The smallest absolute Gasteiger partial charge is 0.0262 e. The van der Waals surface area contributed by atoms with Crippen LogP contribution in [-0.2, 0) is 0 Å². The van der Waals surface area contributed by atoms with Gasteiger partial charge in [0.2, 0.25) is 0 Å². The zero-order valence-electron chi connectivity index (χ0n) is 7.56. The molecule has 0 rings (SSSR count). The van der Waals surface area contributed by atoms with Gasteiger partial charge < -0.3 is 0 Å². The molecule has 0 heterocycles. The molecule has 0 aliphatic carbocycles. The Morgan fingerprint density at radius 1 is 1.20 bits per heavy atom. The van der Waals surface area contributed by atoms with E-state index < -0.39 is 0 Å². The number of unbranched alkanes of at least 4 members (excludes halogenated alkanes) is 1. The number of hydrogen-bond acceptors (Lipinski definition) is 0. The van der Waals surface area contributed by atoms with Gasteiger partial charge in [0.05, 0.1) is 0 Å². The number of hydrogen-bond donors (Lipinski definition) is 0. The van der Waals surface area contributed by atoms with Crippen LogP contribution in [0.15, 0.2) is 12.2 Å². The fraction of sp³-hybridized carbons (Fsp3) is 0.800. The van der Waals surface area contributed by atoms with E-state index in [0.29, 0.717) is 0 Å². The molecule has 0 saturated heterocycles. The molecule has 0 aliphatic heterocycles. The first-order chi connectivity index (χ1) is 4.81. The van der Waals surface area contributed by atoms with Gasteiger partial charge in [-0.15, -0.1) is 0 Å². The molecule has 0 amide bonds. The van der Waals surface area contributed by atoms with Gasteiger partial charge in [-0.05, 0) is 18.8 Å². The zero-order chi connectivity index (χ0) is 7.82. The standard InChI is InChI=1S/C10H20/c1-4-6-7-9-10(3)8-5-2/h7,9-10H,4-6,8H2,1-3H3/t10-/m0/s1. The second-order valence-electron chi connectivity index (χ2n) is 2.98. The maximum Gasteiger partial charge on any atom is -0.0262 e. The van der Waals surface area contributed by atoms with E-state index in [9.17, 15) is 0 Å². The Bertz CT molecular complexity index is 82.0. The maximum absolute atomic E-state index is 2.34. The van der Waals surface area contributed by atoms with E-state index in [1.54, 1.807) is 0 Å². The van der Waals surface area contributed by atoms with Crippen molar-refractivity contribution in [2.24, 2.45) is 5.92 Å². The van der Waals surface area contributed by atoms with E-state index in [-0.39, 0.29) is 0 Å². The molecule has 0 nitrogen and oxygen atoms in total. The molecular formula is C10H20. The SMILES string of the molecule is CCCC=C[C@@H](C)CCC. The topological polar surface area (TPSA) is 0 Å². The monoisotopic (exact) mass is 140 g/mol. The third-order valence-electron chi connectivity index (χ3n) is 1.66. The lowest BCUT2D eigenvalue weighted by atomic mass is 10.1. The van der Waals surface area contributed by atoms with Crippen LogP contribution in [0.1, 0.15) is 46.5 Å². The molecule has 0 aliphatic rings. The van der Waals surface area contributed by atoms with Crippen molar-refractivity contribution >= 4 is 0 Å². The fourth-order valence-corrected chi connectivity index (χ4v) is 1.05. The van der Waals surface area contributed by atoms with E-state index >= 15 is 0 Å². The Morgan fingerprint density at radius 3 is 2.40 bits per heavy atom. The predicted molar refractivity (Wildman–Crippen MR) is 48.1 cm³/mol. The van der Waals surface area contributed by atoms with Gasteiger partial charge in [-0.1, -0.05) is 45.8 Å². The van der Waals surface area contributed by atoms with Gasteiger partial charge >= 0.3 is 0 Å². The average Bonchev–Trinajstić information content (AvgIpc) is 1.89. The first-order valence-electron chi connectivity index (χ1n) is 4.47. The molecular weight excluding hydrogens is 120 g/mol. The highest BCUT2D eigenvalue weighted by atomic mass is 14.0. The Balaban J connectivity index is 3.26. The van der Waals surface area contributed by atoms with Crippen molar-refractivity contribution < 1.29 is 0 Å². The largest absolute Gasteiger partial charge is 0.0883 e. The van der Waals surface area contributed by atoms with E-state index in [1.807, 2.05) is 0 Å². The summed E-state index contributed by atoms with van der Waals surface area (Å²) < 4.78 is 0. The van der Waals surface area contributed by atoms with Gasteiger partial charge in [0.25, 0.3) is 0 Å². The summed E-state index contributed by atoms with van der Waals surface area (Å²) in [7, 11) is 0. The maximum atomic E-state index is 2.34. The molecule has 60 valence electrons. The van der Waals surface area contributed by atoms with Gasteiger partial charge in [0.15, 0.2) is 0 Å². The first-order valence-corrected chi connectivity index (χ1v) is 4.47. The highest BCUT2D eigenvalue weighted by Crippen LogP contribution is 2.06. The van der Waals surface area contributed by atoms with Crippen LogP contribution in [0, 0.1) is 5.92 Å². The second kappa shape index (κ2) is 6.85. The van der Waals surface area contributed by atoms with Gasteiger partial charge in [-0.2, -0.15) is 0 Å². The molecule has 0 N–H and O–H groups in total. The van der Waals surface area contributed by atoms with Gasteiger partial charge in [0, 0.05) is 0 Å². The Labute approximate surface area is 65.3 Å². The quantitative estimate of drug-likeness (QED) is 0.510. The Kier molecular flexibility index (Phi) is 6.68. The van der Waals surface area contributed by atoms with Crippen molar-refractivity contribution in [2.75, 3.05) is 0 Å². The Morgan fingerprint density at radius 2 is 1.90 bits per heavy atom. The summed E-state index contributed by atoms with van der Waals surface area (Å²) in [5, 5.41) is 0. The van der Waals surface area contributed by atoms with Crippen LogP contribution in [-0.4, -0.2) is 0 Å². The van der Waals surface area contributed by atoms with Gasteiger partial charge in [-0.25, -0.2) is 0 Å². The molecule has 0 radical (unpaired) electrons. The lowest BCUT2D eigenvalue weighted by Gasteiger charge is -2.01. The third-order valence-corrected chi connectivity index (χ3v) is 1.66. The van der Waals surface area contributed by atoms with Crippen molar-refractivity contribution in [3.63, 3.8) is 0 Å². The molecule has 0 unspecified atom stereocenters. The van der Waals surface area contributed by atoms with Crippen molar-refractivity contribution in [3.05, 3.63) is 12.2 Å². The minimum absolute atomic E-state index is 0.788. The second-order valence-corrected chi connectivity index (χ2v) is 2.98. The van der Waals surface area contributed by atoms with E-state index in [0.717, 1.165) is 5.92 Å². The molecule has 0 saturated carbocycles. The minimum Gasteiger partial charge on any atom is -0.0883 e. The normalized spacial score (nSPS) is 14.3. The third kappa shape index (κ3) is 5.87. The summed E-state index contributed by atoms with van der Waals surface area (Å²) >= 11 is 0. The molecule has 1 atom stereocenters. The van der Waals surface area contributed by atoms with E-state index in [2.05, 4.69) is 32.9 Å². The van der Waals surface area contributed by atoms with Crippen LogP contribution >= 0.6 is 0 Å². The Hall–Kier alpha value is -0.260. The summed E-state index contributed by atoms with van der Waals surface area (Å²) in [4.78, 5) is 0. The minimum atomic E-state index is 0.788. The first kappa shape index (κ1) is 9.74. The van der Waals surface area contributed by atoms with Gasteiger partial charge in [-0.3, -0.25) is 0 Å². The molecule has 0 aromatic carbocycles. The molecule has 0 heteroatoms. The van der Waals surface area contributed by atoms with E-state index in [1.165, 1.54) is 25.7 Å². The van der Waals surface area contributed by atoms with Crippen LogP contribution < -0.4 is 0 Å². The highest BCUT2D eigenvalue weighted by Gasteiger charge is 1.91. The van der Waals surface area contributed by atoms with Crippen LogP contribution in [0.3, 0.4) is 0 Å². The zero-order valence-corrected chi connectivity index (χ0v) is 7.56. The summed E-state index contributed by atoms with van der Waals surface area (Å²) in [6, 6.07) is 0. The lowest BCUT2D eigenvalue weighted by Crippen LogP contribution is -1.86. The van der Waals surface area contributed by atoms with Crippen LogP contribution in [0.2, 0.25) is 0 Å². The molecule has 0 aromatic heterocycles. The number of rotatable bonds is 5. The van der Waals surface area contributed by atoms with Crippen molar-refractivity contribution in [1.29, 1.82) is 0 Å².